The van der Waals surface area contributed by atoms with E-state index in [2.05, 4.69) is 5.32 Å². The Morgan fingerprint density at radius 1 is 0.811 bits per heavy atom. The fourth-order valence-corrected chi connectivity index (χ4v) is 4.17. The third-order valence-corrected chi connectivity index (χ3v) is 5.96. The van der Waals surface area contributed by atoms with Gasteiger partial charge in [-0.3, -0.25) is 14.9 Å². The molecule has 0 aromatic heterocycles. The molecule has 184 valence electrons. The number of anilines is 1. The maximum Gasteiger partial charge on any atom is 0.335 e. The lowest BCUT2D eigenvalue weighted by atomic mass is 9.99. The monoisotopic (exact) mass is 492 g/mol. The number of ether oxygens (including phenoxy) is 2. The van der Waals surface area contributed by atoms with E-state index >= 15 is 0 Å². The fourth-order valence-electron chi connectivity index (χ4n) is 4.17. The van der Waals surface area contributed by atoms with Crippen molar-refractivity contribution in [3.05, 3.63) is 108 Å². The largest absolute Gasteiger partial charge is 0.493 e. The molecule has 1 aliphatic heterocycles. The first-order valence-electron chi connectivity index (χ1n) is 11.9. The van der Waals surface area contributed by atoms with Crippen LogP contribution >= 0.6 is 0 Å². The number of benzene rings is 4. The highest BCUT2D eigenvalue weighted by Crippen LogP contribution is 2.32. The van der Waals surface area contributed by atoms with Gasteiger partial charge in [0.2, 0.25) is 0 Å². The van der Waals surface area contributed by atoms with E-state index in [9.17, 15) is 14.4 Å². The Kier molecular flexibility index (Phi) is 6.68. The van der Waals surface area contributed by atoms with E-state index in [4.69, 9.17) is 9.47 Å². The molecule has 0 unspecified atom stereocenters. The van der Waals surface area contributed by atoms with E-state index < -0.39 is 17.8 Å². The predicted octanol–water partition coefficient (Wildman–Crippen LogP) is 5.48. The first-order valence-corrected chi connectivity index (χ1v) is 11.9. The van der Waals surface area contributed by atoms with Gasteiger partial charge in [-0.2, -0.15) is 0 Å². The van der Waals surface area contributed by atoms with Crippen LogP contribution in [0, 0.1) is 0 Å². The summed E-state index contributed by atoms with van der Waals surface area (Å²) in [4.78, 5) is 39.8. The second-order valence-corrected chi connectivity index (χ2v) is 8.36. The molecule has 0 radical (unpaired) electrons. The van der Waals surface area contributed by atoms with Crippen LogP contribution in [0.3, 0.4) is 0 Å². The molecule has 7 nitrogen and oxygen atoms in total. The van der Waals surface area contributed by atoms with Crippen molar-refractivity contribution in [1.29, 1.82) is 0 Å². The number of amides is 4. The Bertz CT molecular complexity index is 1510. The third kappa shape index (κ3) is 4.92. The SMILES string of the molecule is CCOc1ccc2ccccc2c1/C=C1\C(=O)NC(=O)N(c2ccc(OCc3ccccc3)cc2)C1=O. The maximum absolute atomic E-state index is 13.5. The Morgan fingerprint density at radius 2 is 1.54 bits per heavy atom. The smallest absolute Gasteiger partial charge is 0.335 e. The van der Waals surface area contributed by atoms with Gasteiger partial charge in [0.25, 0.3) is 11.8 Å². The summed E-state index contributed by atoms with van der Waals surface area (Å²) in [7, 11) is 0. The van der Waals surface area contributed by atoms with Gasteiger partial charge in [0.05, 0.1) is 12.3 Å². The lowest BCUT2D eigenvalue weighted by Gasteiger charge is -2.26. The number of carbonyl (C=O) groups excluding carboxylic acids is 3. The number of hydrogen-bond acceptors (Lipinski definition) is 5. The number of hydrogen-bond donors (Lipinski definition) is 1. The standard InChI is InChI=1S/C30H24N2O5/c1-2-36-27-17-12-21-10-6-7-11-24(21)25(27)18-26-28(33)31-30(35)32(29(26)34)22-13-15-23(16-14-22)37-19-20-8-4-3-5-9-20/h3-18H,2,19H2,1H3,(H,31,33,35)/b26-18+. The Hall–Kier alpha value is -4.91. The number of rotatable bonds is 7. The summed E-state index contributed by atoms with van der Waals surface area (Å²) < 4.78 is 11.6. The molecule has 4 aromatic rings. The number of carbonyl (C=O) groups is 3. The van der Waals surface area contributed by atoms with Gasteiger partial charge in [-0.05, 0) is 59.7 Å². The minimum Gasteiger partial charge on any atom is -0.493 e. The topological polar surface area (TPSA) is 84.9 Å². The van der Waals surface area contributed by atoms with Crippen molar-refractivity contribution >= 4 is 40.4 Å². The third-order valence-electron chi connectivity index (χ3n) is 5.96. The van der Waals surface area contributed by atoms with Gasteiger partial charge in [0.15, 0.2) is 0 Å². The number of fused-ring (bicyclic) bond motifs is 1. The minimum absolute atomic E-state index is 0.165. The van der Waals surface area contributed by atoms with Crippen molar-refractivity contribution in [2.75, 3.05) is 11.5 Å². The molecule has 0 saturated carbocycles. The van der Waals surface area contributed by atoms with Gasteiger partial charge in [0.1, 0.15) is 23.7 Å². The van der Waals surface area contributed by atoms with Crippen molar-refractivity contribution in [2.24, 2.45) is 0 Å². The van der Waals surface area contributed by atoms with E-state index in [0.29, 0.717) is 36.0 Å². The van der Waals surface area contributed by atoms with Gasteiger partial charge >= 0.3 is 6.03 Å². The molecule has 7 heteroatoms. The predicted molar refractivity (Wildman–Crippen MR) is 141 cm³/mol. The highest BCUT2D eigenvalue weighted by atomic mass is 16.5. The number of nitrogens with one attached hydrogen (secondary N) is 1. The van der Waals surface area contributed by atoms with Crippen LogP contribution in [0.5, 0.6) is 11.5 Å². The van der Waals surface area contributed by atoms with Crippen molar-refractivity contribution in [3.8, 4) is 11.5 Å². The highest BCUT2D eigenvalue weighted by Gasteiger charge is 2.37. The first-order chi connectivity index (χ1) is 18.0. The zero-order valence-electron chi connectivity index (χ0n) is 20.1. The van der Waals surface area contributed by atoms with E-state index in [-0.39, 0.29) is 5.57 Å². The van der Waals surface area contributed by atoms with Gasteiger partial charge in [-0.1, -0.05) is 60.7 Å². The van der Waals surface area contributed by atoms with E-state index in [1.165, 1.54) is 6.08 Å². The van der Waals surface area contributed by atoms with Crippen LogP contribution in [0.2, 0.25) is 0 Å². The molecule has 4 aromatic carbocycles. The van der Waals surface area contributed by atoms with Crippen LogP contribution in [0.1, 0.15) is 18.1 Å². The Balaban J connectivity index is 1.45. The lowest BCUT2D eigenvalue weighted by molar-refractivity contribution is -0.122. The van der Waals surface area contributed by atoms with Gasteiger partial charge in [0, 0.05) is 5.56 Å². The van der Waals surface area contributed by atoms with Crippen molar-refractivity contribution in [2.45, 2.75) is 13.5 Å². The molecule has 0 spiro atoms. The second-order valence-electron chi connectivity index (χ2n) is 8.36. The van der Waals surface area contributed by atoms with Crippen LogP contribution in [-0.2, 0) is 16.2 Å². The van der Waals surface area contributed by atoms with Crippen LogP contribution in [0.15, 0.2) is 96.6 Å². The average molecular weight is 493 g/mol. The van der Waals surface area contributed by atoms with Crippen LogP contribution in [0.4, 0.5) is 10.5 Å². The van der Waals surface area contributed by atoms with Crippen molar-refractivity contribution in [1.82, 2.24) is 5.32 Å². The lowest BCUT2D eigenvalue weighted by Crippen LogP contribution is -2.54. The summed E-state index contributed by atoms with van der Waals surface area (Å²) in [5, 5.41) is 4.03. The number of nitrogens with zero attached hydrogens (tertiary/aromatic N) is 1. The molecular weight excluding hydrogens is 468 g/mol. The summed E-state index contributed by atoms with van der Waals surface area (Å²) in [6, 6.07) is 26.8. The van der Waals surface area contributed by atoms with Crippen molar-refractivity contribution in [3.63, 3.8) is 0 Å². The van der Waals surface area contributed by atoms with Crippen LogP contribution in [0.25, 0.3) is 16.8 Å². The second kappa shape index (κ2) is 10.4. The van der Waals surface area contributed by atoms with Crippen molar-refractivity contribution < 1.29 is 23.9 Å². The minimum atomic E-state index is -0.812. The first kappa shape index (κ1) is 23.8. The average Bonchev–Trinajstić information content (AvgIpc) is 2.92. The number of imide groups is 2. The van der Waals surface area contributed by atoms with Crippen LogP contribution < -0.4 is 19.7 Å². The van der Waals surface area contributed by atoms with E-state index in [0.717, 1.165) is 21.2 Å². The molecule has 0 bridgehead atoms. The molecule has 4 amide bonds. The molecule has 37 heavy (non-hydrogen) atoms. The number of urea groups is 1. The molecule has 1 aliphatic rings. The summed E-state index contributed by atoms with van der Waals surface area (Å²) in [5.41, 5.74) is 1.76. The molecule has 1 N–H and O–H groups in total. The molecule has 0 aliphatic carbocycles. The van der Waals surface area contributed by atoms with E-state index in [1.54, 1.807) is 30.3 Å². The normalized spacial score (nSPS) is 14.7. The fraction of sp³-hybridized carbons (Fsp3) is 0.100. The molecular formula is C30H24N2O5. The molecule has 1 fully saturated rings. The molecule has 0 atom stereocenters. The highest BCUT2D eigenvalue weighted by molar-refractivity contribution is 6.39. The zero-order chi connectivity index (χ0) is 25.8. The summed E-state index contributed by atoms with van der Waals surface area (Å²) in [6.45, 7) is 2.66. The van der Waals surface area contributed by atoms with E-state index in [1.807, 2.05) is 67.6 Å². The van der Waals surface area contributed by atoms with Crippen LogP contribution in [-0.4, -0.2) is 24.5 Å². The quantitative estimate of drug-likeness (QED) is 0.273. The summed E-state index contributed by atoms with van der Waals surface area (Å²) in [5.74, 6) is -0.356. The molecule has 5 rings (SSSR count). The van der Waals surface area contributed by atoms with Gasteiger partial charge < -0.3 is 9.47 Å². The maximum atomic E-state index is 13.5. The van der Waals surface area contributed by atoms with Gasteiger partial charge in [-0.25, -0.2) is 9.69 Å². The summed E-state index contributed by atoms with van der Waals surface area (Å²) >= 11 is 0. The zero-order valence-corrected chi connectivity index (χ0v) is 20.1. The van der Waals surface area contributed by atoms with Gasteiger partial charge in [-0.15, -0.1) is 0 Å². The Labute approximate surface area is 213 Å². The molecule has 1 saturated heterocycles. The summed E-state index contributed by atoms with van der Waals surface area (Å²) in [6.07, 6.45) is 1.49. The Morgan fingerprint density at radius 3 is 2.30 bits per heavy atom. The molecule has 1 heterocycles. The number of barbiturate groups is 1.